The first-order valence-corrected chi connectivity index (χ1v) is 10.9. The zero-order valence-electron chi connectivity index (χ0n) is 17.3. The molecule has 0 saturated heterocycles. The van der Waals surface area contributed by atoms with Gasteiger partial charge in [0.2, 0.25) is 0 Å². The highest BCUT2D eigenvalue weighted by atomic mass is 32.2. The lowest BCUT2D eigenvalue weighted by Gasteiger charge is -2.12. The number of thioether (sulfide) groups is 1. The van der Waals surface area contributed by atoms with Gasteiger partial charge in [0.05, 0.1) is 13.7 Å². The lowest BCUT2D eigenvalue weighted by Crippen LogP contribution is -2.01. The minimum atomic E-state index is -0.225. The molecule has 1 aromatic heterocycles. The number of rotatable bonds is 8. The van der Waals surface area contributed by atoms with Crippen LogP contribution in [0.4, 0.5) is 4.39 Å². The zero-order valence-corrected chi connectivity index (χ0v) is 18.1. The van der Waals surface area contributed by atoms with Crippen molar-refractivity contribution in [2.45, 2.75) is 17.8 Å². The third-order valence-electron chi connectivity index (χ3n) is 4.70. The van der Waals surface area contributed by atoms with Gasteiger partial charge in [-0.2, -0.15) is 0 Å². The molecule has 5 nitrogen and oxygen atoms in total. The van der Waals surface area contributed by atoms with E-state index in [1.165, 1.54) is 17.8 Å². The Morgan fingerprint density at radius 2 is 1.61 bits per heavy atom. The van der Waals surface area contributed by atoms with Gasteiger partial charge in [-0.25, -0.2) is 4.39 Å². The van der Waals surface area contributed by atoms with E-state index < -0.39 is 0 Å². The first-order chi connectivity index (χ1) is 15.2. The summed E-state index contributed by atoms with van der Waals surface area (Å²) < 4.78 is 26.9. The standard InChI is InChI=1S/C24H22FN3O2S/c1-3-30-21-14-10-19(11-15-21)28-23(17-8-12-20(29-2)13-9-17)26-27-24(28)31-16-18-6-4-5-7-22(18)25/h4-15H,3,16H2,1-2H3. The van der Waals surface area contributed by atoms with E-state index >= 15 is 0 Å². The number of benzene rings is 3. The van der Waals surface area contributed by atoms with E-state index in [2.05, 4.69) is 10.2 Å². The monoisotopic (exact) mass is 435 g/mol. The number of hydrogen-bond donors (Lipinski definition) is 0. The summed E-state index contributed by atoms with van der Waals surface area (Å²) in [4.78, 5) is 0. The fourth-order valence-electron chi connectivity index (χ4n) is 3.14. The summed E-state index contributed by atoms with van der Waals surface area (Å²) in [5.41, 5.74) is 2.43. The molecule has 158 valence electrons. The average Bonchev–Trinajstić information content (AvgIpc) is 3.23. The molecule has 0 unspecified atom stereocenters. The summed E-state index contributed by atoms with van der Waals surface area (Å²) >= 11 is 1.44. The largest absolute Gasteiger partial charge is 0.497 e. The first-order valence-electron chi connectivity index (χ1n) is 9.89. The molecular weight excluding hydrogens is 413 g/mol. The molecule has 0 bridgehead atoms. The van der Waals surface area contributed by atoms with Crippen LogP contribution in [0.25, 0.3) is 17.1 Å². The second kappa shape index (κ2) is 9.66. The molecule has 0 aliphatic carbocycles. The number of aromatic nitrogens is 3. The lowest BCUT2D eigenvalue weighted by atomic mass is 10.2. The Labute approximate surface area is 184 Å². The predicted molar refractivity (Wildman–Crippen MR) is 120 cm³/mol. The molecule has 0 fully saturated rings. The van der Waals surface area contributed by atoms with Crippen molar-refractivity contribution in [3.05, 3.63) is 84.2 Å². The second-order valence-electron chi connectivity index (χ2n) is 6.68. The molecule has 0 N–H and O–H groups in total. The summed E-state index contributed by atoms with van der Waals surface area (Å²) in [5, 5.41) is 9.52. The number of methoxy groups -OCH3 is 1. The highest BCUT2D eigenvalue weighted by Gasteiger charge is 2.17. The summed E-state index contributed by atoms with van der Waals surface area (Å²) in [5.74, 6) is 2.49. The van der Waals surface area contributed by atoms with Gasteiger partial charge in [0.1, 0.15) is 17.3 Å². The Morgan fingerprint density at radius 1 is 0.903 bits per heavy atom. The molecular formula is C24H22FN3O2S. The maximum Gasteiger partial charge on any atom is 0.196 e. The SMILES string of the molecule is CCOc1ccc(-n2c(SCc3ccccc3F)nnc2-c2ccc(OC)cc2)cc1. The van der Waals surface area contributed by atoms with Gasteiger partial charge in [-0.1, -0.05) is 30.0 Å². The summed E-state index contributed by atoms with van der Waals surface area (Å²) in [7, 11) is 1.63. The molecule has 0 amide bonds. The molecule has 1 heterocycles. The van der Waals surface area contributed by atoms with Crippen molar-refractivity contribution in [2.75, 3.05) is 13.7 Å². The topological polar surface area (TPSA) is 49.2 Å². The predicted octanol–water partition coefficient (Wildman–Crippen LogP) is 5.77. The fraction of sp³-hybridized carbons (Fsp3) is 0.167. The van der Waals surface area contributed by atoms with Gasteiger partial charge in [0, 0.05) is 17.0 Å². The smallest absolute Gasteiger partial charge is 0.196 e. The molecule has 4 rings (SSSR count). The van der Waals surface area contributed by atoms with Gasteiger partial charge < -0.3 is 9.47 Å². The Hall–Kier alpha value is -3.32. The minimum Gasteiger partial charge on any atom is -0.497 e. The minimum absolute atomic E-state index is 0.225. The van der Waals surface area contributed by atoms with Crippen LogP contribution in [0.15, 0.2) is 78.0 Å². The lowest BCUT2D eigenvalue weighted by molar-refractivity contribution is 0.340. The zero-order chi connectivity index (χ0) is 21.6. The summed E-state index contributed by atoms with van der Waals surface area (Å²) in [6.07, 6.45) is 0. The van der Waals surface area contributed by atoms with E-state index in [0.717, 1.165) is 22.7 Å². The average molecular weight is 436 g/mol. The van der Waals surface area contributed by atoms with Crippen LogP contribution < -0.4 is 9.47 Å². The van der Waals surface area contributed by atoms with Crippen LogP contribution in [-0.4, -0.2) is 28.5 Å². The van der Waals surface area contributed by atoms with Gasteiger partial charge >= 0.3 is 0 Å². The van der Waals surface area contributed by atoms with Crippen LogP contribution >= 0.6 is 11.8 Å². The van der Waals surface area contributed by atoms with Crippen molar-refractivity contribution in [3.63, 3.8) is 0 Å². The van der Waals surface area contributed by atoms with Crippen LogP contribution in [0, 0.1) is 5.82 Å². The molecule has 0 spiro atoms. The third-order valence-corrected chi connectivity index (χ3v) is 5.68. The number of hydrogen-bond acceptors (Lipinski definition) is 5. The van der Waals surface area contributed by atoms with Crippen molar-refractivity contribution in [3.8, 4) is 28.6 Å². The third kappa shape index (κ3) is 4.72. The van der Waals surface area contributed by atoms with E-state index in [1.807, 2.05) is 66.1 Å². The molecule has 0 aliphatic rings. The van der Waals surface area contributed by atoms with Gasteiger partial charge in [-0.15, -0.1) is 10.2 Å². The highest BCUT2D eigenvalue weighted by Crippen LogP contribution is 2.31. The van der Waals surface area contributed by atoms with Crippen molar-refractivity contribution in [1.82, 2.24) is 14.8 Å². The number of nitrogens with zero attached hydrogens (tertiary/aromatic N) is 3. The first kappa shape index (κ1) is 20.9. The summed E-state index contributed by atoms with van der Waals surface area (Å²) in [6.45, 7) is 2.56. The van der Waals surface area contributed by atoms with Gasteiger partial charge in [0.25, 0.3) is 0 Å². The van der Waals surface area contributed by atoms with E-state index in [9.17, 15) is 4.39 Å². The van der Waals surface area contributed by atoms with E-state index in [1.54, 1.807) is 19.2 Å². The van der Waals surface area contributed by atoms with Gasteiger partial charge in [0.15, 0.2) is 11.0 Å². The van der Waals surface area contributed by atoms with Crippen LogP contribution in [0.3, 0.4) is 0 Å². The number of ether oxygens (including phenoxy) is 2. The van der Waals surface area contributed by atoms with Gasteiger partial charge in [-0.3, -0.25) is 4.57 Å². The Balaban J connectivity index is 1.72. The van der Waals surface area contributed by atoms with E-state index in [4.69, 9.17) is 9.47 Å². The fourth-order valence-corrected chi connectivity index (χ4v) is 4.08. The molecule has 31 heavy (non-hydrogen) atoms. The maximum atomic E-state index is 14.1. The number of halogens is 1. The van der Waals surface area contributed by atoms with Crippen LogP contribution in [0.5, 0.6) is 11.5 Å². The molecule has 0 atom stereocenters. The van der Waals surface area contributed by atoms with Crippen molar-refractivity contribution in [2.24, 2.45) is 0 Å². The molecule has 0 aliphatic heterocycles. The normalized spacial score (nSPS) is 10.8. The van der Waals surface area contributed by atoms with Crippen LogP contribution in [0.1, 0.15) is 12.5 Å². The maximum absolute atomic E-state index is 14.1. The Kier molecular flexibility index (Phi) is 6.52. The molecule has 7 heteroatoms. The molecule has 4 aromatic rings. The Bertz CT molecular complexity index is 1140. The second-order valence-corrected chi connectivity index (χ2v) is 7.62. The van der Waals surface area contributed by atoms with Crippen molar-refractivity contribution in [1.29, 1.82) is 0 Å². The van der Waals surface area contributed by atoms with Crippen LogP contribution in [0.2, 0.25) is 0 Å². The molecule has 3 aromatic carbocycles. The molecule has 0 radical (unpaired) electrons. The van der Waals surface area contributed by atoms with E-state index in [0.29, 0.717) is 28.9 Å². The van der Waals surface area contributed by atoms with Crippen molar-refractivity contribution >= 4 is 11.8 Å². The highest BCUT2D eigenvalue weighted by molar-refractivity contribution is 7.98. The summed E-state index contributed by atoms with van der Waals surface area (Å²) in [6, 6.07) is 22.2. The Morgan fingerprint density at radius 3 is 2.29 bits per heavy atom. The van der Waals surface area contributed by atoms with Crippen LogP contribution in [-0.2, 0) is 5.75 Å². The van der Waals surface area contributed by atoms with Gasteiger partial charge in [-0.05, 0) is 67.1 Å². The molecule has 0 saturated carbocycles. The van der Waals surface area contributed by atoms with E-state index in [-0.39, 0.29) is 5.82 Å². The quantitative estimate of drug-likeness (QED) is 0.329. The van der Waals surface area contributed by atoms with Crippen molar-refractivity contribution < 1.29 is 13.9 Å².